The molecule has 2 aliphatic rings. The van der Waals surface area contributed by atoms with Crippen LogP contribution in [0.3, 0.4) is 0 Å². The first-order valence-corrected chi connectivity index (χ1v) is 9.87. The van der Waals surface area contributed by atoms with Crippen molar-refractivity contribution in [3.8, 4) is 0 Å². The third-order valence-electron chi connectivity index (χ3n) is 5.57. The van der Waals surface area contributed by atoms with Crippen molar-refractivity contribution in [3.05, 3.63) is 0 Å². The van der Waals surface area contributed by atoms with Gasteiger partial charge in [0.05, 0.1) is 25.0 Å². The first-order chi connectivity index (χ1) is 12.6. The molecule has 0 saturated heterocycles. The van der Waals surface area contributed by atoms with Gasteiger partial charge in [0.1, 0.15) is 5.60 Å². The summed E-state index contributed by atoms with van der Waals surface area (Å²) in [6.07, 6.45) is 2.94. The summed E-state index contributed by atoms with van der Waals surface area (Å²) in [5.41, 5.74) is -0.544. The largest absolute Gasteiger partial charge is 0.469 e. The maximum absolute atomic E-state index is 12.4. The van der Waals surface area contributed by atoms with Gasteiger partial charge in [-0.1, -0.05) is 0 Å². The van der Waals surface area contributed by atoms with Crippen LogP contribution in [0, 0.1) is 23.7 Å². The minimum Gasteiger partial charge on any atom is -0.469 e. The number of ether oxygens (including phenoxy) is 2. The van der Waals surface area contributed by atoms with E-state index in [9.17, 15) is 19.5 Å². The smallest absolute Gasteiger partial charge is 0.309 e. The number of amides is 1. The molecule has 0 aliphatic heterocycles. The molecule has 2 fully saturated rings. The van der Waals surface area contributed by atoms with E-state index in [0.29, 0.717) is 45.1 Å². The Labute approximate surface area is 161 Å². The van der Waals surface area contributed by atoms with E-state index in [-0.39, 0.29) is 41.5 Å². The predicted octanol–water partition coefficient (Wildman–Crippen LogP) is 1.81. The SMILES string of the molecule is COC(=O)C1CCC(C(=O)NCC2CC(C(=O)OC(C)(C)C)CC2O)CC1. The van der Waals surface area contributed by atoms with E-state index in [1.807, 2.05) is 20.8 Å². The summed E-state index contributed by atoms with van der Waals surface area (Å²) < 4.78 is 10.2. The molecule has 0 aromatic rings. The first kappa shape index (κ1) is 21.7. The first-order valence-electron chi connectivity index (χ1n) is 9.87. The van der Waals surface area contributed by atoms with E-state index in [1.165, 1.54) is 7.11 Å². The van der Waals surface area contributed by atoms with Crippen molar-refractivity contribution < 1.29 is 29.0 Å². The number of aliphatic hydroxyl groups excluding tert-OH is 1. The molecule has 2 aliphatic carbocycles. The van der Waals surface area contributed by atoms with Gasteiger partial charge in [0.15, 0.2) is 0 Å². The Bertz CT molecular complexity index is 547. The Hall–Kier alpha value is -1.63. The maximum Gasteiger partial charge on any atom is 0.309 e. The molecule has 7 heteroatoms. The Morgan fingerprint density at radius 3 is 2.11 bits per heavy atom. The molecule has 0 spiro atoms. The van der Waals surface area contributed by atoms with Crippen molar-refractivity contribution in [2.75, 3.05) is 13.7 Å². The number of rotatable bonds is 5. The monoisotopic (exact) mass is 383 g/mol. The second-order valence-electron chi connectivity index (χ2n) is 8.85. The summed E-state index contributed by atoms with van der Waals surface area (Å²) in [7, 11) is 1.39. The quantitative estimate of drug-likeness (QED) is 0.702. The zero-order chi connectivity index (χ0) is 20.2. The Kier molecular flexibility index (Phi) is 7.25. The molecule has 0 heterocycles. The zero-order valence-electron chi connectivity index (χ0n) is 16.8. The van der Waals surface area contributed by atoms with Gasteiger partial charge in [-0.15, -0.1) is 0 Å². The van der Waals surface area contributed by atoms with Crippen molar-refractivity contribution >= 4 is 17.8 Å². The molecule has 3 atom stereocenters. The molecule has 154 valence electrons. The van der Waals surface area contributed by atoms with Gasteiger partial charge in [0, 0.05) is 18.4 Å². The number of hydrogen-bond donors (Lipinski definition) is 2. The van der Waals surface area contributed by atoms with Gasteiger partial charge in [-0.2, -0.15) is 0 Å². The van der Waals surface area contributed by atoms with Crippen LogP contribution in [0.2, 0.25) is 0 Å². The molecular weight excluding hydrogens is 350 g/mol. The van der Waals surface area contributed by atoms with Crippen LogP contribution in [-0.2, 0) is 23.9 Å². The molecule has 0 aromatic heterocycles. The predicted molar refractivity (Wildman–Crippen MR) is 98.5 cm³/mol. The topological polar surface area (TPSA) is 102 Å². The van der Waals surface area contributed by atoms with E-state index in [4.69, 9.17) is 9.47 Å². The fourth-order valence-corrected chi connectivity index (χ4v) is 4.03. The van der Waals surface area contributed by atoms with Gasteiger partial charge in [-0.3, -0.25) is 14.4 Å². The van der Waals surface area contributed by atoms with Crippen molar-refractivity contribution in [1.82, 2.24) is 5.32 Å². The minimum atomic E-state index is -0.613. The number of esters is 2. The Balaban J connectivity index is 1.75. The molecule has 7 nitrogen and oxygen atoms in total. The van der Waals surface area contributed by atoms with Gasteiger partial charge < -0.3 is 19.9 Å². The molecule has 1 amide bonds. The van der Waals surface area contributed by atoms with Crippen LogP contribution in [0.15, 0.2) is 0 Å². The molecule has 2 saturated carbocycles. The lowest BCUT2D eigenvalue weighted by molar-refractivity contribution is -0.160. The molecule has 0 aromatic carbocycles. The average Bonchev–Trinajstić information content (AvgIpc) is 2.98. The molecule has 27 heavy (non-hydrogen) atoms. The lowest BCUT2D eigenvalue weighted by Gasteiger charge is -2.26. The highest BCUT2D eigenvalue weighted by Gasteiger charge is 2.39. The van der Waals surface area contributed by atoms with Crippen LogP contribution in [0.25, 0.3) is 0 Å². The zero-order valence-corrected chi connectivity index (χ0v) is 16.8. The van der Waals surface area contributed by atoms with Gasteiger partial charge in [0.2, 0.25) is 5.91 Å². The molecule has 2 N–H and O–H groups in total. The molecule has 0 bridgehead atoms. The summed E-state index contributed by atoms with van der Waals surface area (Å²) in [4.78, 5) is 36.2. The van der Waals surface area contributed by atoms with Gasteiger partial charge in [0.25, 0.3) is 0 Å². The number of methoxy groups -OCH3 is 1. The summed E-state index contributed by atoms with van der Waals surface area (Å²) in [6, 6.07) is 0. The molecular formula is C20H33NO6. The van der Waals surface area contributed by atoms with Crippen molar-refractivity contribution in [3.63, 3.8) is 0 Å². The van der Waals surface area contributed by atoms with Crippen LogP contribution in [-0.4, -0.2) is 48.3 Å². The van der Waals surface area contributed by atoms with E-state index < -0.39 is 11.7 Å². The van der Waals surface area contributed by atoms with Crippen LogP contribution >= 0.6 is 0 Å². The third-order valence-corrected chi connectivity index (χ3v) is 5.57. The van der Waals surface area contributed by atoms with E-state index in [2.05, 4.69) is 5.32 Å². The van der Waals surface area contributed by atoms with Crippen molar-refractivity contribution in [1.29, 1.82) is 0 Å². The number of carbonyl (C=O) groups excluding carboxylic acids is 3. The van der Waals surface area contributed by atoms with E-state index in [1.54, 1.807) is 0 Å². The van der Waals surface area contributed by atoms with Gasteiger partial charge in [-0.05, 0) is 59.3 Å². The standard InChI is InChI=1S/C20H33NO6/c1-20(2,3)27-19(25)14-9-15(16(22)10-14)11-21-17(23)12-5-7-13(8-6-12)18(24)26-4/h12-16,22H,5-11H2,1-4H3,(H,21,23). The third kappa shape index (κ3) is 6.19. The molecule has 0 radical (unpaired) electrons. The number of nitrogens with one attached hydrogen (secondary N) is 1. The van der Waals surface area contributed by atoms with Crippen molar-refractivity contribution in [2.24, 2.45) is 23.7 Å². The second kappa shape index (κ2) is 9.04. The molecule has 2 rings (SSSR count). The second-order valence-corrected chi connectivity index (χ2v) is 8.85. The summed E-state index contributed by atoms with van der Waals surface area (Å²) in [5.74, 6) is -1.19. The van der Waals surface area contributed by atoms with E-state index >= 15 is 0 Å². The van der Waals surface area contributed by atoms with Crippen LogP contribution in [0.1, 0.15) is 59.3 Å². The summed E-state index contributed by atoms with van der Waals surface area (Å²) in [5, 5.41) is 13.2. The molecule has 3 unspecified atom stereocenters. The van der Waals surface area contributed by atoms with E-state index in [0.717, 1.165) is 0 Å². The highest BCUT2D eigenvalue weighted by Crippen LogP contribution is 2.33. The van der Waals surface area contributed by atoms with Crippen LogP contribution in [0.4, 0.5) is 0 Å². The van der Waals surface area contributed by atoms with Gasteiger partial charge in [-0.25, -0.2) is 0 Å². The lowest BCUT2D eigenvalue weighted by atomic mass is 9.81. The summed E-state index contributed by atoms with van der Waals surface area (Å²) >= 11 is 0. The van der Waals surface area contributed by atoms with Crippen molar-refractivity contribution in [2.45, 2.75) is 71.0 Å². The van der Waals surface area contributed by atoms with Crippen LogP contribution in [0.5, 0.6) is 0 Å². The fraction of sp³-hybridized carbons (Fsp3) is 0.850. The normalized spacial score (nSPS) is 31.2. The minimum absolute atomic E-state index is 0.0359. The van der Waals surface area contributed by atoms with Gasteiger partial charge >= 0.3 is 11.9 Å². The average molecular weight is 383 g/mol. The number of aliphatic hydroxyl groups is 1. The lowest BCUT2D eigenvalue weighted by Crippen LogP contribution is -2.38. The number of carbonyl (C=O) groups is 3. The highest BCUT2D eigenvalue weighted by atomic mass is 16.6. The highest BCUT2D eigenvalue weighted by molar-refractivity contribution is 5.79. The Morgan fingerprint density at radius 1 is 0.963 bits per heavy atom. The van der Waals surface area contributed by atoms with Crippen LogP contribution < -0.4 is 5.32 Å². The summed E-state index contributed by atoms with van der Waals surface area (Å²) in [6.45, 7) is 5.82. The maximum atomic E-state index is 12.4. The fourth-order valence-electron chi connectivity index (χ4n) is 4.03. The Morgan fingerprint density at radius 2 is 1.56 bits per heavy atom. The number of hydrogen-bond acceptors (Lipinski definition) is 6.